The van der Waals surface area contributed by atoms with Crippen molar-refractivity contribution in [1.82, 2.24) is 4.98 Å². The van der Waals surface area contributed by atoms with Crippen LogP contribution in [0.3, 0.4) is 0 Å². The number of nitrogens with one attached hydrogen (secondary N) is 1. The molecule has 0 fully saturated rings. The lowest BCUT2D eigenvalue weighted by Gasteiger charge is -2.01. The number of carboxylic acid groups (broad SMARTS) is 1. The minimum atomic E-state index is -1.07. The second kappa shape index (κ2) is 3.57. The summed E-state index contributed by atoms with van der Waals surface area (Å²) < 4.78 is 13.4. The summed E-state index contributed by atoms with van der Waals surface area (Å²) in [6, 6.07) is 6.07. The lowest BCUT2D eigenvalue weighted by molar-refractivity contribution is 0.0698. The molecule has 2 rings (SSSR count). The van der Waals surface area contributed by atoms with Crippen LogP contribution in [-0.2, 0) is 0 Å². The minimum Gasteiger partial charge on any atom is -0.478 e. The number of benzene rings is 1. The van der Waals surface area contributed by atoms with Crippen LogP contribution < -0.4 is 0 Å². The van der Waals surface area contributed by atoms with Crippen LogP contribution in [0.1, 0.15) is 10.4 Å². The molecule has 2 aromatic rings. The van der Waals surface area contributed by atoms with Crippen LogP contribution in [0.15, 0.2) is 36.7 Å². The Morgan fingerprint density at radius 3 is 2.60 bits per heavy atom. The normalized spacial score (nSPS) is 10.2. The molecule has 0 bridgehead atoms. The van der Waals surface area contributed by atoms with Crippen molar-refractivity contribution < 1.29 is 14.3 Å². The smallest absolute Gasteiger partial charge is 0.337 e. The van der Waals surface area contributed by atoms with E-state index in [-0.39, 0.29) is 11.1 Å². The van der Waals surface area contributed by atoms with Crippen LogP contribution in [0.2, 0.25) is 0 Å². The van der Waals surface area contributed by atoms with E-state index in [1.807, 2.05) is 0 Å². The van der Waals surface area contributed by atoms with Gasteiger partial charge >= 0.3 is 5.97 Å². The van der Waals surface area contributed by atoms with Crippen molar-refractivity contribution >= 4 is 5.97 Å². The van der Waals surface area contributed by atoms with Gasteiger partial charge in [-0.05, 0) is 6.07 Å². The van der Waals surface area contributed by atoms with Crippen molar-refractivity contribution in [3.63, 3.8) is 0 Å². The molecular weight excluding hydrogens is 197 g/mol. The van der Waals surface area contributed by atoms with Crippen molar-refractivity contribution in [3.05, 3.63) is 48.0 Å². The zero-order valence-electron chi connectivity index (χ0n) is 7.70. The molecule has 1 aromatic heterocycles. The summed E-state index contributed by atoms with van der Waals surface area (Å²) in [4.78, 5) is 13.5. The number of halogens is 1. The lowest BCUT2D eigenvalue weighted by Crippen LogP contribution is -1.96. The summed E-state index contributed by atoms with van der Waals surface area (Å²) in [7, 11) is 0. The second-order valence-corrected chi connectivity index (χ2v) is 3.07. The maximum atomic E-state index is 13.4. The molecule has 15 heavy (non-hydrogen) atoms. The summed E-state index contributed by atoms with van der Waals surface area (Å²) >= 11 is 0. The predicted molar refractivity (Wildman–Crippen MR) is 53.1 cm³/mol. The van der Waals surface area contributed by atoms with Crippen LogP contribution in [-0.4, -0.2) is 16.1 Å². The molecule has 0 radical (unpaired) electrons. The molecule has 1 heterocycles. The number of H-pyrrole nitrogens is 1. The van der Waals surface area contributed by atoms with Gasteiger partial charge in [0.2, 0.25) is 0 Å². The third-order valence-electron chi connectivity index (χ3n) is 2.14. The van der Waals surface area contributed by atoms with Crippen molar-refractivity contribution in [2.24, 2.45) is 0 Å². The topological polar surface area (TPSA) is 53.1 Å². The molecule has 4 heteroatoms. The molecule has 0 spiro atoms. The zero-order chi connectivity index (χ0) is 10.8. The monoisotopic (exact) mass is 205 g/mol. The van der Waals surface area contributed by atoms with Gasteiger partial charge in [-0.3, -0.25) is 0 Å². The third-order valence-corrected chi connectivity index (χ3v) is 2.14. The Kier molecular flexibility index (Phi) is 2.25. The maximum absolute atomic E-state index is 13.4. The van der Waals surface area contributed by atoms with Gasteiger partial charge in [0.15, 0.2) is 0 Å². The van der Waals surface area contributed by atoms with Gasteiger partial charge in [-0.15, -0.1) is 0 Å². The van der Waals surface area contributed by atoms with Gasteiger partial charge in [0.1, 0.15) is 5.82 Å². The summed E-state index contributed by atoms with van der Waals surface area (Å²) in [6.07, 6.45) is 2.81. The molecule has 1 aromatic carbocycles. The Labute approximate surface area is 85.2 Å². The summed E-state index contributed by atoms with van der Waals surface area (Å²) in [6.45, 7) is 0. The van der Waals surface area contributed by atoms with Gasteiger partial charge in [0, 0.05) is 23.5 Å². The average Bonchev–Trinajstić information content (AvgIpc) is 2.67. The number of hydrogen-bond donors (Lipinski definition) is 2. The molecule has 0 unspecified atom stereocenters. The van der Waals surface area contributed by atoms with E-state index < -0.39 is 11.8 Å². The lowest BCUT2D eigenvalue weighted by atomic mass is 10.0. The molecule has 2 N–H and O–H groups in total. The van der Waals surface area contributed by atoms with Crippen LogP contribution in [0.5, 0.6) is 0 Å². The molecular formula is C11H8FNO2. The molecule has 0 saturated carbocycles. The van der Waals surface area contributed by atoms with E-state index in [0.29, 0.717) is 5.56 Å². The highest BCUT2D eigenvalue weighted by Gasteiger charge is 2.14. The second-order valence-electron chi connectivity index (χ2n) is 3.07. The minimum absolute atomic E-state index is 0.0695. The van der Waals surface area contributed by atoms with Gasteiger partial charge in [-0.25, -0.2) is 9.18 Å². The van der Waals surface area contributed by atoms with Gasteiger partial charge in [0.05, 0.1) is 5.56 Å². The summed E-state index contributed by atoms with van der Waals surface area (Å²) in [5.74, 6) is -1.51. The van der Waals surface area contributed by atoms with E-state index in [0.717, 1.165) is 0 Å². The SMILES string of the molecule is O=C(O)c1c[nH]cc1-c1ccccc1F. The highest BCUT2D eigenvalue weighted by molar-refractivity contribution is 5.95. The fourth-order valence-electron chi connectivity index (χ4n) is 1.44. The fraction of sp³-hybridized carbons (Fsp3) is 0. The molecule has 0 aliphatic rings. The Hall–Kier alpha value is -2.10. The standard InChI is InChI=1S/C11H8FNO2/c12-10-4-2-1-3-7(10)8-5-13-6-9(8)11(14)15/h1-6,13H,(H,14,15). The number of aromatic amines is 1. The van der Waals surface area contributed by atoms with Crippen LogP contribution in [0.4, 0.5) is 4.39 Å². The Morgan fingerprint density at radius 2 is 1.93 bits per heavy atom. The van der Waals surface area contributed by atoms with Crippen LogP contribution in [0, 0.1) is 5.82 Å². The highest BCUT2D eigenvalue weighted by atomic mass is 19.1. The van der Waals surface area contributed by atoms with Gasteiger partial charge in [-0.1, -0.05) is 18.2 Å². The van der Waals surface area contributed by atoms with E-state index in [1.54, 1.807) is 18.2 Å². The molecule has 76 valence electrons. The largest absolute Gasteiger partial charge is 0.478 e. The first-order valence-electron chi connectivity index (χ1n) is 4.35. The van der Waals surface area contributed by atoms with Crippen LogP contribution >= 0.6 is 0 Å². The van der Waals surface area contributed by atoms with Crippen molar-refractivity contribution in [2.45, 2.75) is 0 Å². The number of carbonyl (C=O) groups is 1. The van der Waals surface area contributed by atoms with Gasteiger partial charge in [-0.2, -0.15) is 0 Å². The van der Waals surface area contributed by atoms with E-state index in [1.165, 1.54) is 18.5 Å². The van der Waals surface area contributed by atoms with Crippen LogP contribution in [0.25, 0.3) is 11.1 Å². The molecule has 0 amide bonds. The Morgan fingerprint density at radius 1 is 1.20 bits per heavy atom. The number of hydrogen-bond acceptors (Lipinski definition) is 1. The third kappa shape index (κ3) is 1.61. The number of carboxylic acids is 1. The highest BCUT2D eigenvalue weighted by Crippen LogP contribution is 2.25. The average molecular weight is 205 g/mol. The first-order valence-corrected chi connectivity index (χ1v) is 4.35. The van der Waals surface area contributed by atoms with Crippen molar-refractivity contribution in [3.8, 4) is 11.1 Å². The fourth-order valence-corrected chi connectivity index (χ4v) is 1.44. The van der Waals surface area contributed by atoms with E-state index >= 15 is 0 Å². The summed E-state index contributed by atoms with van der Waals surface area (Å²) in [5, 5.41) is 8.86. The number of aromatic carboxylic acids is 1. The number of aromatic nitrogens is 1. The zero-order valence-corrected chi connectivity index (χ0v) is 7.70. The molecule has 0 aliphatic heterocycles. The van der Waals surface area contributed by atoms with E-state index in [9.17, 15) is 9.18 Å². The first kappa shape index (κ1) is 9.45. The quantitative estimate of drug-likeness (QED) is 0.791. The van der Waals surface area contributed by atoms with Gasteiger partial charge < -0.3 is 10.1 Å². The first-order chi connectivity index (χ1) is 7.20. The Bertz CT molecular complexity index is 505. The maximum Gasteiger partial charge on any atom is 0.337 e. The van der Waals surface area contributed by atoms with Gasteiger partial charge in [0.25, 0.3) is 0 Å². The Balaban J connectivity index is 2.59. The van der Waals surface area contributed by atoms with E-state index in [4.69, 9.17) is 5.11 Å². The van der Waals surface area contributed by atoms with E-state index in [2.05, 4.69) is 4.98 Å². The van der Waals surface area contributed by atoms with Crippen molar-refractivity contribution in [2.75, 3.05) is 0 Å². The predicted octanol–water partition coefficient (Wildman–Crippen LogP) is 2.52. The molecule has 3 nitrogen and oxygen atoms in total. The summed E-state index contributed by atoms with van der Waals surface area (Å²) in [5.41, 5.74) is 0.719. The molecule has 0 saturated heterocycles. The van der Waals surface area contributed by atoms with Crippen molar-refractivity contribution in [1.29, 1.82) is 0 Å². The molecule has 0 atom stereocenters. The number of rotatable bonds is 2. The molecule has 0 aliphatic carbocycles.